The van der Waals surface area contributed by atoms with E-state index >= 15 is 0 Å². The third kappa shape index (κ3) is 2.75. The molecule has 2 N–H and O–H groups in total. The van der Waals surface area contributed by atoms with Crippen LogP contribution in [0.3, 0.4) is 0 Å². The predicted octanol–water partition coefficient (Wildman–Crippen LogP) is 0.581. The first-order valence-electron chi connectivity index (χ1n) is 5.41. The Morgan fingerprint density at radius 1 is 1.47 bits per heavy atom. The van der Waals surface area contributed by atoms with E-state index in [-0.39, 0.29) is 12.3 Å². The van der Waals surface area contributed by atoms with Gasteiger partial charge < -0.3 is 15.2 Å². The lowest BCUT2D eigenvalue weighted by atomic mass is 10.1. The number of carboxylic acid groups (broad SMARTS) is 1. The van der Waals surface area contributed by atoms with Crippen molar-refractivity contribution >= 4 is 11.9 Å². The highest BCUT2D eigenvalue weighted by atomic mass is 16.5. The monoisotopic (exact) mass is 235 g/mol. The van der Waals surface area contributed by atoms with E-state index in [1.807, 2.05) is 0 Å². The van der Waals surface area contributed by atoms with Gasteiger partial charge in [0.05, 0.1) is 6.42 Å². The van der Waals surface area contributed by atoms with Crippen LogP contribution in [-0.4, -0.2) is 29.6 Å². The molecule has 1 aromatic carbocycles. The molecule has 0 aromatic heterocycles. The molecule has 2 rings (SSSR count). The lowest BCUT2D eigenvalue weighted by Crippen LogP contribution is -2.28. The summed E-state index contributed by atoms with van der Waals surface area (Å²) in [4.78, 5) is 22.0. The zero-order chi connectivity index (χ0) is 12.3. The first kappa shape index (κ1) is 11.4. The molecule has 1 unspecified atom stereocenters. The lowest BCUT2D eigenvalue weighted by Gasteiger charge is -2.13. The number of hydrogen-bond donors (Lipinski definition) is 2. The van der Waals surface area contributed by atoms with Crippen LogP contribution in [0.25, 0.3) is 0 Å². The molecule has 1 atom stereocenters. The minimum atomic E-state index is -0.920. The van der Waals surface area contributed by atoms with Gasteiger partial charge in [0, 0.05) is 18.5 Å². The molecule has 0 saturated carbocycles. The summed E-state index contributed by atoms with van der Waals surface area (Å²) in [7, 11) is 0. The van der Waals surface area contributed by atoms with Crippen LogP contribution in [0, 0.1) is 0 Å². The summed E-state index contributed by atoms with van der Waals surface area (Å²) in [5.74, 6) is -0.594. The summed E-state index contributed by atoms with van der Waals surface area (Å²) in [6, 6.07) is 6.88. The second-order valence-corrected chi connectivity index (χ2v) is 3.86. The van der Waals surface area contributed by atoms with Crippen LogP contribution in [0.5, 0.6) is 5.75 Å². The van der Waals surface area contributed by atoms with Gasteiger partial charge >= 0.3 is 5.97 Å². The highest BCUT2D eigenvalue weighted by Crippen LogP contribution is 2.21. The van der Waals surface area contributed by atoms with Gasteiger partial charge in [-0.15, -0.1) is 0 Å². The number of carbonyl (C=O) groups is 2. The summed E-state index contributed by atoms with van der Waals surface area (Å²) in [6.07, 6.45) is -0.00460. The lowest BCUT2D eigenvalue weighted by molar-refractivity contribution is -0.136. The smallest absolute Gasteiger partial charge is 0.307 e. The molecule has 0 spiro atoms. The van der Waals surface area contributed by atoms with E-state index in [1.54, 1.807) is 24.3 Å². The van der Waals surface area contributed by atoms with Crippen LogP contribution in [0.15, 0.2) is 24.3 Å². The van der Waals surface area contributed by atoms with Gasteiger partial charge in [0.15, 0.2) is 6.10 Å². The molecule has 1 aromatic rings. The molecule has 5 heteroatoms. The molecule has 0 aliphatic carbocycles. The average molecular weight is 235 g/mol. The van der Waals surface area contributed by atoms with Gasteiger partial charge in [-0.3, -0.25) is 9.59 Å². The van der Waals surface area contributed by atoms with Gasteiger partial charge in [0.25, 0.3) is 5.91 Å². The molecular weight excluding hydrogens is 222 g/mol. The van der Waals surface area contributed by atoms with Gasteiger partial charge in [0.1, 0.15) is 5.75 Å². The van der Waals surface area contributed by atoms with Crippen LogP contribution in [0.4, 0.5) is 0 Å². The molecule has 0 radical (unpaired) electrons. The number of aliphatic carboxylic acids is 1. The Morgan fingerprint density at radius 3 is 2.88 bits per heavy atom. The van der Waals surface area contributed by atoms with Gasteiger partial charge in [-0.1, -0.05) is 18.2 Å². The molecule has 0 bridgehead atoms. The number of nitrogens with one attached hydrogen (secondary N) is 1. The Kier molecular flexibility index (Phi) is 3.27. The molecule has 1 saturated heterocycles. The molecule has 90 valence electrons. The minimum Gasteiger partial charge on any atom is -0.481 e. The number of carboxylic acids is 1. The Hall–Kier alpha value is -2.04. The molecular formula is C12H13NO4. The van der Waals surface area contributed by atoms with Gasteiger partial charge in [0.2, 0.25) is 0 Å². The first-order chi connectivity index (χ1) is 8.16. The standard InChI is InChI=1S/C12H13NO4/c14-11(15)7-8-3-1-2-4-9(8)17-10-5-6-13-12(10)16/h1-4,10H,5-7H2,(H,13,16)(H,14,15). The number of para-hydroxylation sites is 1. The van der Waals surface area contributed by atoms with Crippen LogP contribution >= 0.6 is 0 Å². The van der Waals surface area contributed by atoms with Crippen LogP contribution < -0.4 is 10.1 Å². The normalized spacial score (nSPS) is 18.8. The number of amides is 1. The molecule has 5 nitrogen and oxygen atoms in total. The van der Waals surface area contributed by atoms with Crippen molar-refractivity contribution in [3.63, 3.8) is 0 Å². The Bertz CT molecular complexity index is 444. The van der Waals surface area contributed by atoms with Crippen LogP contribution in [0.1, 0.15) is 12.0 Å². The van der Waals surface area contributed by atoms with Crippen LogP contribution in [0.2, 0.25) is 0 Å². The van der Waals surface area contributed by atoms with Crippen LogP contribution in [-0.2, 0) is 16.0 Å². The molecule has 1 aliphatic heterocycles. The van der Waals surface area contributed by atoms with E-state index in [0.717, 1.165) is 0 Å². The second-order valence-electron chi connectivity index (χ2n) is 3.86. The summed E-state index contributed by atoms with van der Waals surface area (Å²) in [5.41, 5.74) is 0.583. The van der Waals surface area contributed by atoms with Crippen molar-refractivity contribution in [2.75, 3.05) is 6.54 Å². The van der Waals surface area contributed by atoms with Crippen molar-refractivity contribution in [2.45, 2.75) is 18.9 Å². The minimum absolute atomic E-state index is 0.107. The second kappa shape index (κ2) is 4.86. The van der Waals surface area contributed by atoms with Crippen molar-refractivity contribution in [2.24, 2.45) is 0 Å². The summed E-state index contributed by atoms with van der Waals surface area (Å²) in [6.45, 7) is 0.602. The fourth-order valence-corrected chi connectivity index (χ4v) is 1.76. The highest BCUT2D eigenvalue weighted by molar-refractivity contribution is 5.83. The number of carbonyl (C=O) groups excluding carboxylic acids is 1. The number of benzene rings is 1. The van der Waals surface area contributed by atoms with Gasteiger partial charge in [-0.25, -0.2) is 0 Å². The topological polar surface area (TPSA) is 75.6 Å². The Labute approximate surface area is 98.4 Å². The summed E-state index contributed by atoms with van der Waals surface area (Å²) >= 11 is 0. The molecule has 1 amide bonds. The Morgan fingerprint density at radius 2 is 2.24 bits per heavy atom. The number of ether oxygens (including phenoxy) is 1. The third-order valence-corrected chi connectivity index (χ3v) is 2.58. The van der Waals surface area contributed by atoms with Gasteiger partial charge in [-0.05, 0) is 6.07 Å². The van der Waals surface area contributed by atoms with Crippen molar-refractivity contribution in [3.05, 3.63) is 29.8 Å². The maximum absolute atomic E-state index is 11.4. The summed E-state index contributed by atoms with van der Waals surface area (Å²) in [5, 5.41) is 11.4. The Balaban J connectivity index is 2.14. The fourth-order valence-electron chi connectivity index (χ4n) is 1.76. The van der Waals surface area contributed by atoms with E-state index < -0.39 is 12.1 Å². The molecule has 1 fully saturated rings. The largest absolute Gasteiger partial charge is 0.481 e. The van der Waals surface area contributed by atoms with E-state index in [1.165, 1.54) is 0 Å². The zero-order valence-electron chi connectivity index (χ0n) is 9.18. The van der Waals surface area contributed by atoms with Gasteiger partial charge in [-0.2, -0.15) is 0 Å². The predicted molar refractivity (Wildman–Crippen MR) is 59.8 cm³/mol. The zero-order valence-corrected chi connectivity index (χ0v) is 9.18. The maximum atomic E-state index is 11.4. The molecule has 1 aliphatic rings. The van der Waals surface area contributed by atoms with E-state index in [9.17, 15) is 9.59 Å². The molecule has 1 heterocycles. The van der Waals surface area contributed by atoms with Crippen molar-refractivity contribution < 1.29 is 19.4 Å². The van der Waals surface area contributed by atoms with Crippen molar-refractivity contribution in [1.29, 1.82) is 0 Å². The van der Waals surface area contributed by atoms with E-state index in [0.29, 0.717) is 24.3 Å². The third-order valence-electron chi connectivity index (χ3n) is 2.58. The fraction of sp³-hybridized carbons (Fsp3) is 0.333. The quantitative estimate of drug-likeness (QED) is 0.800. The number of rotatable bonds is 4. The SMILES string of the molecule is O=C(O)Cc1ccccc1OC1CCNC1=O. The average Bonchev–Trinajstić information content (AvgIpc) is 2.67. The highest BCUT2D eigenvalue weighted by Gasteiger charge is 2.26. The van der Waals surface area contributed by atoms with E-state index in [2.05, 4.69) is 5.32 Å². The van der Waals surface area contributed by atoms with Crippen molar-refractivity contribution in [1.82, 2.24) is 5.32 Å². The molecule has 17 heavy (non-hydrogen) atoms. The maximum Gasteiger partial charge on any atom is 0.307 e. The van der Waals surface area contributed by atoms with E-state index in [4.69, 9.17) is 9.84 Å². The van der Waals surface area contributed by atoms with Crippen molar-refractivity contribution in [3.8, 4) is 5.75 Å². The first-order valence-corrected chi connectivity index (χ1v) is 5.41. The summed E-state index contributed by atoms with van der Waals surface area (Å²) < 4.78 is 5.54. The number of hydrogen-bond acceptors (Lipinski definition) is 3.